The Bertz CT molecular complexity index is 252. The van der Waals surface area contributed by atoms with Crippen molar-refractivity contribution in [3.8, 4) is 5.75 Å². The van der Waals surface area contributed by atoms with Gasteiger partial charge in [-0.15, -0.1) is 0 Å². The van der Waals surface area contributed by atoms with Crippen LogP contribution in [0.2, 0.25) is 5.15 Å². The standard InChI is InChI=1S/C7H9ClN2O/c1-9-5-3-6(11-2)7(8)10-4-5/h3-4,9H,1-2H3. The quantitative estimate of drug-likeness (QED) is 0.691. The lowest BCUT2D eigenvalue weighted by Gasteiger charge is -2.03. The number of hydrogen-bond donors (Lipinski definition) is 1. The Morgan fingerprint density at radius 2 is 2.36 bits per heavy atom. The topological polar surface area (TPSA) is 34.2 Å². The first kappa shape index (κ1) is 8.14. The van der Waals surface area contributed by atoms with Crippen LogP contribution in [0.5, 0.6) is 5.75 Å². The molecule has 0 saturated carbocycles. The maximum Gasteiger partial charge on any atom is 0.171 e. The zero-order chi connectivity index (χ0) is 8.27. The van der Waals surface area contributed by atoms with Crippen LogP contribution in [0, 0.1) is 0 Å². The van der Waals surface area contributed by atoms with E-state index in [0.29, 0.717) is 10.9 Å². The first-order valence-electron chi connectivity index (χ1n) is 3.15. The second-order valence-electron chi connectivity index (χ2n) is 1.97. The molecule has 1 heterocycles. The number of anilines is 1. The average molecular weight is 173 g/mol. The van der Waals surface area contributed by atoms with E-state index in [-0.39, 0.29) is 0 Å². The summed E-state index contributed by atoms with van der Waals surface area (Å²) in [7, 11) is 3.37. The Hall–Kier alpha value is -0.960. The monoisotopic (exact) mass is 172 g/mol. The smallest absolute Gasteiger partial charge is 0.171 e. The van der Waals surface area contributed by atoms with Gasteiger partial charge in [0.2, 0.25) is 0 Å². The van der Waals surface area contributed by atoms with Crippen LogP contribution in [0.3, 0.4) is 0 Å². The van der Waals surface area contributed by atoms with Gasteiger partial charge in [0.25, 0.3) is 0 Å². The third-order valence-electron chi connectivity index (χ3n) is 1.32. The minimum Gasteiger partial charge on any atom is -0.493 e. The minimum absolute atomic E-state index is 0.381. The molecule has 1 rings (SSSR count). The molecule has 0 unspecified atom stereocenters. The van der Waals surface area contributed by atoms with Crippen molar-refractivity contribution in [2.75, 3.05) is 19.5 Å². The molecule has 3 nitrogen and oxygen atoms in total. The summed E-state index contributed by atoms with van der Waals surface area (Å²) in [6, 6.07) is 1.79. The Morgan fingerprint density at radius 1 is 1.64 bits per heavy atom. The highest BCUT2D eigenvalue weighted by Crippen LogP contribution is 2.23. The van der Waals surface area contributed by atoms with E-state index in [2.05, 4.69) is 10.3 Å². The highest BCUT2D eigenvalue weighted by atomic mass is 35.5. The molecule has 0 aliphatic rings. The molecule has 11 heavy (non-hydrogen) atoms. The van der Waals surface area contributed by atoms with Gasteiger partial charge >= 0.3 is 0 Å². The van der Waals surface area contributed by atoms with Crippen LogP contribution in [0.4, 0.5) is 5.69 Å². The molecule has 0 aliphatic heterocycles. The van der Waals surface area contributed by atoms with E-state index in [9.17, 15) is 0 Å². The fraction of sp³-hybridized carbons (Fsp3) is 0.286. The molecule has 0 bridgehead atoms. The third-order valence-corrected chi connectivity index (χ3v) is 1.60. The van der Waals surface area contributed by atoms with Crippen molar-refractivity contribution < 1.29 is 4.74 Å². The predicted octanol–water partition coefficient (Wildman–Crippen LogP) is 1.79. The largest absolute Gasteiger partial charge is 0.493 e. The lowest BCUT2D eigenvalue weighted by molar-refractivity contribution is 0.413. The number of nitrogens with one attached hydrogen (secondary N) is 1. The zero-order valence-corrected chi connectivity index (χ0v) is 7.14. The molecule has 0 amide bonds. The van der Waals surface area contributed by atoms with Gasteiger partial charge in [0, 0.05) is 13.1 Å². The van der Waals surface area contributed by atoms with Gasteiger partial charge in [-0.1, -0.05) is 11.6 Å². The van der Waals surface area contributed by atoms with Crippen LogP contribution >= 0.6 is 11.6 Å². The van der Waals surface area contributed by atoms with Gasteiger partial charge in [0.05, 0.1) is 19.0 Å². The summed E-state index contributed by atoms with van der Waals surface area (Å²) in [5.41, 5.74) is 0.881. The van der Waals surface area contributed by atoms with Crippen molar-refractivity contribution in [3.05, 3.63) is 17.4 Å². The summed E-state index contributed by atoms with van der Waals surface area (Å²) in [5.74, 6) is 0.582. The predicted molar refractivity (Wildman–Crippen MR) is 45.3 cm³/mol. The molecule has 0 atom stereocenters. The number of ether oxygens (including phenoxy) is 1. The van der Waals surface area contributed by atoms with E-state index in [0.717, 1.165) is 5.69 Å². The van der Waals surface area contributed by atoms with Crippen molar-refractivity contribution in [3.63, 3.8) is 0 Å². The molecule has 60 valence electrons. The number of pyridine rings is 1. The molecule has 0 spiro atoms. The highest BCUT2D eigenvalue weighted by molar-refractivity contribution is 6.30. The molecule has 1 aromatic rings. The van der Waals surface area contributed by atoms with Crippen LogP contribution < -0.4 is 10.1 Å². The maximum absolute atomic E-state index is 5.69. The normalized spacial score (nSPS) is 9.36. The number of hydrogen-bond acceptors (Lipinski definition) is 3. The molecule has 0 saturated heterocycles. The summed E-state index contributed by atoms with van der Waals surface area (Å²) in [4.78, 5) is 3.90. The fourth-order valence-corrected chi connectivity index (χ4v) is 0.888. The molecule has 0 fully saturated rings. The van der Waals surface area contributed by atoms with Gasteiger partial charge < -0.3 is 10.1 Å². The zero-order valence-electron chi connectivity index (χ0n) is 6.39. The molecule has 0 aromatic carbocycles. The fourth-order valence-electron chi connectivity index (χ4n) is 0.708. The van der Waals surface area contributed by atoms with Crippen LogP contribution in [0.25, 0.3) is 0 Å². The maximum atomic E-state index is 5.69. The van der Waals surface area contributed by atoms with Gasteiger partial charge in [-0.2, -0.15) is 0 Å². The highest BCUT2D eigenvalue weighted by Gasteiger charge is 2.00. The number of halogens is 1. The van der Waals surface area contributed by atoms with E-state index in [1.807, 2.05) is 7.05 Å². The lowest BCUT2D eigenvalue weighted by atomic mass is 10.4. The first-order chi connectivity index (χ1) is 5.27. The summed E-state index contributed by atoms with van der Waals surface area (Å²) in [6.45, 7) is 0. The molecule has 0 radical (unpaired) electrons. The Balaban J connectivity index is 3.02. The van der Waals surface area contributed by atoms with Crippen LogP contribution in [0.1, 0.15) is 0 Å². The summed E-state index contributed by atoms with van der Waals surface area (Å²) < 4.78 is 4.95. The van der Waals surface area contributed by atoms with Crippen LogP contribution in [-0.4, -0.2) is 19.1 Å². The van der Waals surface area contributed by atoms with Gasteiger partial charge in [-0.25, -0.2) is 4.98 Å². The Labute approximate surface area is 70.3 Å². The van der Waals surface area contributed by atoms with E-state index < -0.39 is 0 Å². The van der Waals surface area contributed by atoms with Crippen molar-refractivity contribution in [2.24, 2.45) is 0 Å². The van der Waals surface area contributed by atoms with E-state index >= 15 is 0 Å². The molecule has 1 N–H and O–H groups in total. The summed E-state index contributed by atoms with van der Waals surface area (Å²) >= 11 is 5.69. The van der Waals surface area contributed by atoms with E-state index in [1.54, 1.807) is 19.4 Å². The van der Waals surface area contributed by atoms with E-state index in [1.165, 1.54) is 0 Å². The van der Waals surface area contributed by atoms with Crippen molar-refractivity contribution in [1.82, 2.24) is 4.98 Å². The van der Waals surface area contributed by atoms with Gasteiger partial charge in [-0.05, 0) is 0 Å². The van der Waals surface area contributed by atoms with Crippen molar-refractivity contribution >= 4 is 17.3 Å². The number of rotatable bonds is 2. The first-order valence-corrected chi connectivity index (χ1v) is 3.53. The van der Waals surface area contributed by atoms with Crippen molar-refractivity contribution in [2.45, 2.75) is 0 Å². The second-order valence-corrected chi connectivity index (χ2v) is 2.33. The average Bonchev–Trinajstić information content (AvgIpc) is 2.05. The molecule has 1 aromatic heterocycles. The van der Waals surface area contributed by atoms with Gasteiger partial charge in [0.1, 0.15) is 0 Å². The van der Waals surface area contributed by atoms with Crippen LogP contribution in [-0.2, 0) is 0 Å². The second kappa shape index (κ2) is 3.44. The number of nitrogens with zero attached hydrogens (tertiary/aromatic N) is 1. The lowest BCUT2D eigenvalue weighted by Crippen LogP contribution is -1.92. The van der Waals surface area contributed by atoms with Gasteiger partial charge in [0.15, 0.2) is 10.9 Å². The Kier molecular flexibility index (Phi) is 2.54. The SMILES string of the molecule is CNc1cnc(Cl)c(OC)c1. The van der Waals surface area contributed by atoms with Crippen LogP contribution in [0.15, 0.2) is 12.3 Å². The Morgan fingerprint density at radius 3 is 2.91 bits per heavy atom. The molecule has 0 aliphatic carbocycles. The minimum atomic E-state index is 0.381. The molecular formula is C7H9ClN2O. The summed E-state index contributed by atoms with van der Waals surface area (Å²) in [5, 5.41) is 3.31. The third kappa shape index (κ3) is 1.74. The molecular weight excluding hydrogens is 164 g/mol. The van der Waals surface area contributed by atoms with Gasteiger partial charge in [-0.3, -0.25) is 0 Å². The number of aromatic nitrogens is 1. The summed E-state index contributed by atoms with van der Waals surface area (Å²) in [6.07, 6.45) is 1.64. The molecule has 4 heteroatoms. The van der Waals surface area contributed by atoms with Crippen molar-refractivity contribution in [1.29, 1.82) is 0 Å². The van der Waals surface area contributed by atoms with E-state index in [4.69, 9.17) is 16.3 Å². The number of methoxy groups -OCH3 is 1.